The molecule has 0 saturated heterocycles. The lowest BCUT2D eigenvalue weighted by atomic mass is 10.3. The van der Waals surface area contributed by atoms with Gasteiger partial charge in [-0.05, 0) is 19.1 Å². The lowest BCUT2D eigenvalue weighted by molar-refractivity contribution is 1.21. The second kappa shape index (κ2) is 2.56. The maximum atomic E-state index is 5.56. The number of aromatic nitrogens is 1. The Hall–Kier alpha value is -1.25. The van der Waals surface area contributed by atoms with Crippen LogP contribution in [0.1, 0.15) is 5.69 Å². The first kappa shape index (κ1) is 6.86. The van der Waals surface area contributed by atoms with E-state index in [1.807, 2.05) is 26.1 Å². The maximum Gasteiger partial charge on any atom is 0.147 e. The fourth-order valence-electron chi connectivity index (χ4n) is 0.788. The maximum absolute atomic E-state index is 5.56. The molecule has 0 fully saturated rings. The zero-order valence-electron chi connectivity index (χ0n) is 6.18. The molecule has 10 heavy (non-hydrogen) atoms. The minimum Gasteiger partial charge on any atom is -0.385 e. The molecule has 1 heterocycles. The lowest BCUT2D eigenvalue weighted by Gasteiger charge is -2.02. The fourth-order valence-corrected chi connectivity index (χ4v) is 0.788. The van der Waals surface area contributed by atoms with Crippen molar-refractivity contribution >= 4 is 11.5 Å². The van der Waals surface area contributed by atoms with Crippen LogP contribution in [0.4, 0.5) is 11.5 Å². The normalized spacial score (nSPS) is 9.40. The van der Waals surface area contributed by atoms with Gasteiger partial charge in [-0.3, -0.25) is 0 Å². The van der Waals surface area contributed by atoms with Crippen molar-refractivity contribution in [3.63, 3.8) is 0 Å². The molecule has 3 nitrogen and oxygen atoms in total. The molecule has 0 unspecified atom stereocenters. The molecule has 3 N–H and O–H groups in total. The summed E-state index contributed by atoms with van der Waals surface area (Å²) < 4.78 is 0. The van der Waals surface area contributed by atoms with E-state index in [2.05, 4.69) is 10.3 Å². The van der Waals surface area contributed by atoms with Crippen LogP contribution < -0.4 is 11.1 Å². The average Bonchev–Trinajstić information content (AvgIpc) is 1.88. The quantitative estimate of drug-likeness (QED) is 0.607. The largest absolute Gasteiger partial charge is 0.385 e. The molecule has 0 radical (unpaired) electrons. The monoisotopic (exact) mass is 137 g/mol. The minimum absolute atomic E-state index is 0.558. The summed E-state index contributed by atoms with van der Waals surface area (Å²) in [7, 11) is 1.82. The van der Waals surface area contributed by atoms with Crippen molar-refractivity contribution in [2.45, 2.75) is 6.92 Å². The molecule has 0 aromatic carbocycles. The highest BCUT2D eigenvalue weighted by Gasteiger charge is 1.95. The van der Waals surface area contributed by atoms with Crippen molar-refractivity contribution < 1.29 is 0 Å². The Morgan fingerprint density at radius 1 is 1.50 bits per heavy atom. The standard InChI is InChI=1S/C7H11N3/c1-5-3-4-6(9-2)7(8)10-5/h3-4,9H,1-2H3,(H2,8,10). The molecule has 0 atom stereocenters. The first-order chi connectivity index (χ1) is 4.74. The van der Waals surface area contributed by atoms with Crippen LogP contribution in [0.25, 0.3) is 0 Å². The Labute approximate surface area is 60.3 Å². The predicted molar refractivity (Wildman–Crippen MR) is 42.9 cm³/mol. The summed E-state index contributed by atoms with van der Waals surface area (Å²) in [6, 6.07) is 3.83. The van der Waals surface area contributed by atoms with Gasteiger partial charge in [-0.2, -0.15) is 0 Å². The number of nitrogen functional groups attached to an aromatic ring is 1. The Balaban J connectivity index is 3.07. The fraction of sp³-hybridized carbons (Fsp3) is 0.286. The van der Waals surface area contributed by atoms with Crippen LogP contribution in [0.3, 0.4) is 0 Å². The molecule has 0 aliphatic carbocycles. The first-order valence-corrected chi connectivity index (χ1v) is 3.15. The number of rotatable bonds is 1. The topological polar surface area (TPSA) is 50.9 Å². The number of nitrogens with one attached hydrogen (secondary N) is 1. The van der Waals surface area contributed by atoms with Gasteiger partial charge in [0.2, 0.25) is 0 Å². The minimum atomic E-state index is 0.558. The lowest BCUT2D eigenvalue weighted by Crippen LogP contribution is -1.98. The SMILES string of the molecule is CNc1ccc(C)nc1N. The summed E-state index contributed by atoms with van der Waals surface area (Å²) >= 11 is 0. The van der Waals surface area contributed by atoms with Gasteiger partial charge in [0.05, 0.1) is 5.69 Å². The van der Waals surface area contributed by atoms with E-state index in [0.717, 1.165) is 11.4 Å². The van der Waals surface area contributed by atoms with Gasteiger partial charge in [-0.25, -0.2) is 4.98 Å². The van der Waals surface area contributed by atoms with E-state index in [-0.39, 0.29) is 0 Å². The van der Waals surface area contributed by atoms with Crippen molar-refractivity contribution in [2.24, 2.45) is 0 Å². The average molecular weight is 137 g/mol. The molecule has 1 aromatic heterocycles. The number of hydrogen-bond acceptors (Lipinski definition) is 3. The number of pyridine rings is 1. The summed E-state index contributed by atoms with van der Waals surface area (Å²) in [5.41, 5.74) is 7.38. The molecule has 54 valence electrons. The Bertz CT molecular complexity index is 232. The first-order valence-electron chi connectivity index (χ1n) is 3.15. The van der Waals surface area contributed by atoms with Crippen LogP contribution in [-0.4, -0.2) is 12.0 Å². The van der Waals surface area contributed by atoms with Gasteiger partial charge in [0.25, 0.3) is 0 Å². The summed E-state index contributed by atoms with van der Waals surface area (Å²) in [4.78, 5) is 4.06. The van der Waals surface area contributed by atoms with Crippen molar-refractivity contribution in [3.8, 4) is 0 Å². The molecular weight excluding hydrogens is 126 g/mol. The zero-order valence-corrected chi connectivity index (χ0v) is 6.18. The Kier molecular flexibility index (Phi) is 1.76. The van der Waals surface area contributed by atoms with Crippen molar-refractivity contribution in [1.82, 2.24) is 4.98 Å². The molecule has 0 bridgehead atoms. The van der Waals surface area contributed by atoms with Gasteiger partial charge < -0.3 is 11.1 Å². The molecule has 0 aliphatic heterocycles. The number of nitrogens with two attached hydrogens (primary N) is 1. The van der Waals surface area contributed by atoms with E-state index in [1.165, 1.54) is 0 Å². The molecule has 0 saturated carbocycles. The van der Waals surface area contributed by atoms with Crippen LogP contribution in [0.5, 0.6) is 0 Å². The van der Waals surface area contributed by atoms with Crippen molar-refractivity contribution in [1.29, 1.82) is 0 Å². The molecule has 1 aromatic rings. The van der Waals surface area contributed by atoms with Crippen LogP contribution >= 0.6 is 0 Å². The van der Waals surface area contributed by atoms with E-state index in [1.54, 1.807) is 0 Å². The van der Waals surface area contributed by atoms with E-state index in [9.17, 15) is 0 Å². The molecular formula is C7H11N3. The van der Waals surface area contributed by atoms with Gasteiger partial charge in [0.15, 0.2) is 0 Å². The van der Waals surface area contributed by atoms with Gasteiger partial charge >= 0.3 is 0 Å². The predicted octanol–water partition coefficient (Wildman–Crippen LogP) is 1.01. The summed E-state index contributed by atoms with van der Waals surface area (Å²) in [6.45, 7) is 1.91. The second-order valence-corrected chi connectivity index (χ2v) is 2.14. The van der Waals surface area contributed by atoms with Gasteiger partial charge in [-0.15, -0.1) is 0 Å². The van der Waals surface area contributed by atoms with Crippen LogP contribution in [0, 0.1) is 6.92 Å². The molecule has 1 rings (SSSR count). The number of nitrogens with zero attached hydrogens (tertiary/aromatic N) is 1. The molecule has 0 aliphatic rings. The van der Waals surface area contributed by atoms with Crippen LogP contribution in [-0.2, 0) is 0 Å². The number of aryl methyl sites for hydroxylation is 1. The molecule has 0 amide bonds. The van der Waals surface area contributed by atoms with Gasteiger partial charge in [0.1, 0.15) is 5.82 Å². The number of anilines is 2. The summed E-state index contributed by atoms with van der Waals surface area (Å²) in [6.07, 6.45) is 0. The zero-order chi connectivity index (χ0) is 7.56. The highest BCUT2D eigenvalue weighted by atomic mass is 14.9. The molecule has 0 spiro atoms. The smallest absolute Gasteiger partial charge is 0.147 e. The molecule has 3 heteroatoms. The highest BCUT2D eigenvalue weighted by molar-refractivity contribution is 5.61. The highest BCUT2D eigenvalue weighted by Crippen LogP contribution is 2.13. The Morgan fingerprint density at radius 3 is 2.70 bits per heavy atom. The third-order valence-corrected chi connectivity index (χ3v) is 1.33. The van der Waals surface area contributed by atoms with Crippen LogP contribution in [0.15, 0.2) is 12.1 Å². The van der Waals surface area contributed by atoms with E-state index in [0.29, 0.717) is 5.82 Å². The third kappa shape index (κ3) is 1.18. The van der Waals surface area contributed by atoms with Gasteiger partial charge in [-0.1, -0.05) is 0 Å². The van der Waals surface area contributed by atoms with Crippen molar-refractivity contribution in [3.05, 3.63) is 17.8 Å². The van der Waals surface area contributed by atoms with Gasteiger partial charge in [0, 0.05) is 12.7 Å². The van der Waals surface area contributed by atoms with Crippen molar-refractivity contribution in [2.75, 3.05) is 18.1 Å². The van der Waals surface area contributed by atoms with E-state index in [4.69, 9.17) is 5.73 Å². The van der Waals surface area contributed by atoms with E-state index >= 15 is 0 Å². The second-order valence-electron chi connectivity index (χ2n) is 2.14. The van der Waals surface area contributed by atoms with E-state index < -0.39 is 0 Å². The summed E-state index contributed by atoms with van der Waals surface area (Å²) in [5, 5.41) is 2.93. The number of hydrogen-bond donors (Lipinski definition) is 2. The van der Waals surface area contributed by atoms with Crippen LogP contribution in [0.2, 0.25) is 0 Å². The third-order valence-electron chi connectivity index (χ3n) is 1.33. The summed E-state index contributed by atoms with van der Waals surface area (Å²) in [5.74, 6) is 0.558. The Morgan fingerprint density at radius 2 is 2.20 bits per heavy atom.